The average molecular weight is 479 g/mol. The van der Waals surface area contributed by atoms with Crippen LogP contribution in [0.5, 0.6) is 11.5 Å². The quantitative estimate of drug-likeness (QED) is 0.483. The molecule has 0 saturated heterocycles. The molecule has 8 heteroatoms. The molecule has 2 aromatic carbocycles. The Balaban J connectivity index is 1.85. The summed E-state index contributed by atoms with van der Waals surface area (Å²) in [5, 5.41) is 7.69. The number of hydrogen-bond acceptors (Lipinski definition) is 5. The minimum Gasteiger partial charge on any atom is -0.497 e. The zero-order valence-electron chi connectivity index (χ0n) is 21.3. The standard InChI is InChI=1S/C27H34N4O4/c1-7-15-30(26(33)21-14-13-20(34-5)16-22(21)35-6)18-25(32)28-24-17-23(27(2,3)4)29-31(24)19-11-9-8-10-12-19/h8-14,16-17H,7,15,18H2,1-6H3,(H,28,32). The second kappa shape index (κ2) is 11.1. The monoisotopic (exact) mass is 478 g/mol. The van der Waals surface area contributed by atoms with Crippen molar-refractivity contribution in [2.24, 2.45) is 0 Å². The molecular weight excluding hydrogens is 444 g/mol. The summed E-state index contributed by atoms with van der Waals surface area (Å²) in [5.74, 6) is 0.942. The van der Waals surface area contributed by atoms with Crippen molar-refractivity contribution in [3.63, 3.8) is 0 Å². The minimum absolute atomic E-state index is 0.104. The van der Waals surface area contributed by atoms with Crippen molar-refractivity contribution in [3.8, 4) is 17.2 Å². The van der Waals surface area contributed by atoms with E-state index in [2.05, 4.69) is 26.1 Å². The molecule has 0 bridgehead atoms. The van der Waals surface area contributed by atoms with Crippen LogP contribution in [0.2, 0.25) is 0 Å². The summed E-state index contributed by atoms with van der Waals surface area (Å²) in [7, 11) is 3.05. The van der Waals surface area contributed by atoms with E-state index in [0.717, 1.165) is 11.4 Å². The van der Waals surface area contributed by atoms with Crippen molar-refractivity contribution in [2.45, 2.75) is 39.5 Å². The summed E-state index contributed by atoms with van der Waals surface area (Å²) in [5.41, 5.74) is 1.86. The first-order chi connectivity index (χ1) is 16.7. The second-order valence-corrected chi connectivity index (χ2v) is 9.25. The fourth-order valence-corrected chi connectivity index (χ4v) is 3.63. The van der Waals surface area contributed by atoms with E-state index in [4.69, 9.17) is 14.6 Å². The van der Waals surface area contributed by atoms with Gasteiger partial charge in [0.15, 0.2) is 0 Å². The Hall–Kier alpha value is -3.81. The smallest absolute Gasteiger partial charge is 0.258 e. The van der Waals surface area contributed by atoms with Crippen molar-refractivity contribution in [1.29, 1.82) is 0 Å². The number of benzene rings is 2. The maximum atomic E-state index is 13.3. The third kappa shape index (κ3) is 6.20. The van der Waals surface area contributed by atoms with Gasteiger partial charge in [0.1, 0.15) is 23.9 Å². The van der Waals surface area contributed by atoms with Crippen LogP contribution in [0.3, 0.4) is 0 Å². The Labute approximate surface area is 206 Å². The molecule has 8 nitrogen and oxygen atoms in total. The van der Waals surface area contributed by atoms with Crippen molar-refractivity contribution >= 4 is 17.6 Å². The molecule has 186 valence electrons. The fourth-order valence-electron chi connectivity index (χ4n) is 3.63. The zero-order chi connectivity index (χ0) is 25.6. The molecular formula is C27H34N4O4. The van der Waals surface area contributed by atoms with E-state index >= 15 is 0 Å². The van der Waals surface area contributed by atoms with Gasteiger partial charge in [-0.2, -0.15) is 5.10 Å². The minimum atomic E-state index is -0.309. The highest BCUT2D eigenvalue weighted by atomic mass is 16.5. The van der Waals surface area contributed by atoms with Gasteiger partial charge in [0.2, 0.25) is 5.91 Å². The maximum Gasteiger partial charge on any atom is 0.258 e. The van der Waals surface area contributed by atoms with Crippen LogP contribution >= 0.6 is 0 Å². The van der Waals surface area contributed by atoms with Crippen LogP contribution in [0.4, 0.5) is 5.82 Å². The van der Waals surface area contributed by atoms with Crippen LogP contribution in [0, 0.1) is 0 Å². The summed E-state index contributed by atoms with van der Waals surface area (Å²) < 4.78 is 12.3. The highest BCUT2D eigenvalue weighted by Gasteiger charge is 2.24. The van der Waals surface area contributed by atoms with Crippen LogP contribution in [0.25, 0.3) is 5.69 Å². The molecule has 0 spiro atoms. The number of hydrogen-bond donors (Lipinski definition) is 1. The summed E-state index contributed by atoms with van der Waals surface area (Å²) >= 11 is 0. The molecule has 1 N–H and O–H groups in total. The number of carbonyl (C=O) groups excluding carboxylic acids is 2. The van der Waals surface area contributed by atoms with Crippen LogP contribution < -0.4 is 14.8 Å². The van der Waals surface area contributed by atoms with Gasteiger partial charge in [-0.05, 0) is 30.7 Å². The third-order valence-corrected chi connectivity index (χ3v) is 5.50. The van der Waals surface area contributed by atoms with E-state index in [0.29, 0.717) is 35.8 Å². The Morgan fingerprint density at radius 2 is 1.74 bits per heavy atom. The molecule has 0 aliphatic rings. The average Bonchev–Trinajstić information content (AvgIpc) is 3.27. The van der Waals surface area contributed by atoms with Gasteiger partial charge in [0.05, 0.1) is 31.2 Å². The van der Waals surface area contributed by atoms with Gasteiger partial charge in [0, 0.05) is 24.1 Å². The van der Waals surface area contributed by atoms with Gasteiger partial charge < -0.3 is 19.7 Å². The molecule has 0 radical (unpaired) electrons. The molecule has 0 unspecified atom stereocenters. The molecule has 35 heavy (non-hydrogen) atoms. The van der Waals surface area contributed by atoms with Crippen molar-refractivity contribution in [3.05, 3.63) is 65.9 Å². The molecule has 0 saturated carbocycles. The zero-order valence-corrected chi connectivity index (χ0v) is 21.3. The fraction of sp³-hybridized carbons (Fsp3) is 0.370. The number of ether oxygens (including phenoxy) is 2. The van der Waals surface area contributed by atoms with E-state index in [-0.39, 0.29) is 23.8 Å². The Bertz CT molecular complexity index is 1170. The van der Waals surface area contributed by atoms with E-state index in [1.165, 1.54) is 12.0 Å². The Kier molecular flexibility index (Phi) is 8.17. The van der Waals surface area contributed by atoms with Crippen LogP contribution in [0.1, 0.15) is 50.2 Å². The van der Waals surface area contributed by atoms with Gasteiger partial charge in [-0.3, -0.25) is 9.59 Å². The maximum absolute atomic E-state index is 13.3. The van der Waals surface area contributed by atoms with Gasteiger partial charge >= 0.3 is 0 Å². The normalized spacial score (nSPS) is 11.1. The molecule has 1 aromatic heterocycles. The molecule has 0 atom stereocenters. The van der Waals surface area contributed by atoms with E-state index < -0.39 is 0 Å². The largest absolute Gasteiger partial charge is 0.497 e. The molecule has 0 fully saturated rings. The number of methoxy groups -OCH3 is 2. The van der Waals surface area contributed by atoms with Crippen molar-refractivity contribution in [2.75, 3.05) is 32.6 Å². The van der Waals surface area contributed by atoms with Crippen LogP contribution in [-0.2, 0) is 10.2 Å². The van der Waals surface area contributed by atoms with E-state index in [1.807, 2.05) is 43.3 Å². The predicted molar refractivity (Wildman–Crippen MR) is 137 cm³/mol. The lowest BCUT2D eigenvalue weighted by molar-refractivity contribution is -0.116. The number of nitrogens with zero attached hydrogens (tertiary/aromatic N) is 3. The topological polar surface area (TPSA) is 85.7 Å². The highest BCUT2D eigenvalue weighted by molar-refractivity contribution is 6.01. The third-order valence-electron chi connectivity index (χ3n) is 5.50. The summed E-state index contributed by atoms with van der Waals surface area (Å²) in [4.78, 5) is 28.0. The summed E-state index contributed by atoms with van der Waals surface area (Å²) in [6, 6.07) is 16.5. The first kappa shape index (κ1) is 25.8. The van der Waals surface area contributed by atoms with Crippen molar-refractivity contribution in [1.82, 2.24) is 14.7 Å². The van der Waals surface area contributed by atoms with Crippen molar-refractivity contribution < 1.29 is 19.1 Å². The van der Waals surface area contributed by atoms with E-state index in [9.17, 15) is 9.59 Å². The summed E-state index contributed by atoms with van der Waals surface area (Å²) in [6.45, 7) is 8.49. The molecule has 1 heterocycles. The van der Waals surface area contributed by atoms with Gasteiger partial charge in [-0.25, -0.2) is 4.68 Å². The first-order valence-corrected chi connectivity index (χ1v) is 11.6. The number of amides is 2. The first-order valence-electron chi connectivity index (χ1n) is 11.6. The number of carbonyl (C=O) groups is 2. The molecule has 3 aromatic rings. The highest BCUT2D eigenvalue weighted by Crippen LogP contribution is 2.27. The summed E-state index contributed by atoms with van der Waals surface area (Å²) in [6.07, 6.45) is 0.702. The SMILES string of the molecule is CCCN(CC(=O)Nc1cc(C(C)(C)C)nn1-c1ccccc1)C(=O)c1ccc(OC)cc1OC. The number of nitrogens with one attached hydrogen (secondary N) is 1. The number of para-hydroxylation sites is 1. The van der Waals surface area contributed by atoms with Crippen LogP contribution in [-0.4, -0.2) is 53.8 Å². The van der Waals surface area contributed by atoms with E-state index in [1.54, 1.807) is 30.0 Å². The molecule has 3 rings (SSSR count). The molecule has 2 amide bonds. The lowest BCUT2D eigenvalue weighted by atomic mass is 9.92. The predicted octanol–water partition coefficient (Wildman–Crippen LogP) is 4.68. The molecule has 0 aliphatic carbocycles. The van der Waals surface area contributed by atoms with Gasteiger partial charge in [-0.15, -0.1) is 0 Å². The second-order valence-electron chi connectivity index (χ2n) is 9.25. The lowest BCUT2D eigenvalue weighted by Gasteiger charge is -2.23. The number of rotatable bonds is 9. The lowest BCUT2D eigenvalue weighted by Crippen LogP contribution is -2.39. The van der Waals surface area contributed by atoms with Crippen LogP contribution in [0.15, 0.2) is 54.6 Å². The Morgan fingerprint density at radius 1 is 1.03 bits per heavy atom. The number of aromatic nitrogens is 2. The number of anilines is 1. The molecule has 0 aliphatic heterocycles. The van der Waals surface area contributed by atoms with Gasteiger partial charge in [0.25, 0.3) is 5.91 Å². The Morgan fingerprint density at radius 3 is 2.34 bits per heavy atom. The van der Waals surface area contributed by atoms with Gasteiger partial charge in [-0.1, -0.05) is 45.9 Å².